The van der Waals surface area contributed by atoms with Crippen LogP contribution in [0.4, 0.5) is 11.1 Å². The Balaban J connectivity index is 1.35. The first-order chi connectivity index (χ1) is 13.6. The van der Waals surface area contributed by atoms with Gasteiger partial charge in [0.2, 0.25) is 11.9 Å². The summed E-state index contributed by atoms with van der Waals surface area (Å²) >= 11 is 1.42. The first-order valence-corrected chi connectivity index (χ1v) is 10.2. The van der Waals surface area contributed by atoms with Gasteiger partial charge in [-0.3, -0.25) is 9.78 Å². The number of carbonyl (C=O) groups is 1. The minimum atomic E-state index is -0.0237. The number of hydrogen-bond donors (Lipinski definition) is 1. The van der Waals surface area contributed by atoms with Crippen molar-refractivity contribution in [3.05, 3.63) is 47.2 Å². The van der Waals surface area contributed by atoms with Crippen LogP contribution < -0.4 is 10.2 Å². The summed E-state index contributed by atoms with van der Waals surface area (Å²) in [6, 6.07) is 7.67. The number of nitrogens with one attached hydrogen (secondary N) is 1. The molecular formula is C20H22N6OS. The molecule has 3 aromatic heterocycles. The van der Waals surface area contributed by atoms with Crippen molar-refractivity contribution in [2.24, 2.45) is 5.92 Å². The predicted octanol–water partition coefficient (Wildman–Crippen LogP) is 3.47. The molecule has 0 radical (unpaired) electrons. The number of aromatic nitrogens is 4. The van der Waals surface area contributed by atoms with Gasteiger partial charge < -0.3 is 10.2 Å². The van der Waals surface area contributed by atoms with E-state index >= 15 is 0 Å². The Bertz CT molecular complexity index is 946. The van der Waals surface area contributed by atoms with E-state index in [-0.39, 0.29) is 11.8 Å². The molecule has 1 aliphatic heterocycles. The van der Waals surface area contributed by atoms with E-state index in [2.05, 4.69) is 30.2 Å². The van der Waals surface area contributed by atoms with Crippen LogP contribution >= 0.6 is 11.3 Å². The normalized spacial score (nSPS) is 14.9. The number of aryl methyl sites for hydroxylation is 2. The zero-order chi connectivity index (χ0) is 19.5. The number of hydrogen-bond acceptors (Lipinski definition) is 7. The molecule has 0 atom stereocenters. The summed E-state index contributed by atoms with van der Waals surface area (Å²) < 4.78 is 0. The fourth-order valence-corrected chi connectivity index (χ4v) is 4.07. The second kappa shape index (κ2) is 8.02. The van der Waals surface area contributed by atoms with Gasteiger partial charge in [0, 0.05) is 42.0 Å². The zero-order valence-electron chi connectivity index (χ0n) is 15.9. The number of rotatable bonds is 4. The third kappa shape index (κ3) is 4.17. The van der Waals surface area contributed by atoms with E-state index in [0.717, 1.165) is 54.7 Å². The van der Waals surface area contributed by atoms with Crippen molar-refractivity contribution < 1.29 is 4.79 Å². The predicted molar refractivity (Wildman–Crippen MR) is 110 cm³/mol. The third-order valence-corrected chi connectivity index (χ3v) is 5.54. The molecule has 4 rings (SSSR count). The lowest BCUT2D eigenvalue weighted by molar-refractivity contribution is -0.120. The Morgan fingerprint density at radius 2 is 1.86 bits per heavy atom. The van der Waals surface area contributed by atoms with Gasteiger partial charge in [-0.15, -0.1) is 11.3 Å². The van der Waals surface area contributed by atoms with Crippen LogP contribution in [0.15, 0.2) is 35.8 Å². The van der Waals surface area contributed by atoms with Crippen molar-refractivity contribution in [2.45, 2.75) is 26.7 Å². The molecule has 0 spiro atoms. The van der Waals surface area contributed by atoms with Crippen molar-refractivity contribution in [1.82, 2.24) is 19.9 Å². The second-order valence-corrected chi connectivity index (χ2v) is 7.81. The van der Waals surface area contributed by atoms with Crippen LogP contribution in [0.1, 0.15) is 24.2 Å². The number of thiazole rings is 1. The van der Waals surface area contributed by atoms with Gasteiger partial charge in [-0.25, -0.2) is 15.0 Å². The fourth-order valence-electron chi connectivity index (χ4n) is 3.36. The van der Waals surface area contributed by atoms with E-state index < -0.39 is 0 Å². The molecule has 3 aromatic rings. The first kappa shape index (κ1) is 18.5. The van der Waals surface area contributed by atoms with E-state index in [1.807, 2.05) is 43.5 Å². The van der Waals surface area contributed by atoms with E-state index in [9.17, 15) is 4.79 Å². The highest BCUT2D eigenvalue weighted by atomic mass is 32.1. The van der Waals surface area contributed by atoms with Crippen LogP contribution in [0.2, 0.25) is 0 Å². The van der Waals surface area contributed by atoms with Gasteiger partial charge >= 0.3 is 0 Å². The van der Waals surface area contributed by atoms with Crippen LogP contribution in [-0.2, 0) is 4.79 Å². The molecule has 0 aromatic carbocycles. The minimum Gasteiger partial charge on any atom is -0.341 e. The van der Waals surface area contributed by atoms with Crippen molar-refractivity contribution in [1.29, 1.82) is 0 Å². The maximum Gasteiger partial charge on any atom is 0.229 e. The minimum absolute atomic E-state index is 0.0237. The summed E-state index contributed by atoms with van der Waals surface area (Å²) in [6.07, 6.45) is 3.29. The van der Waals surface area contributed by atoms with Crippen molar-refractivity contribution in [3.63, 3.8) is 0 Å². The van der Waals surface area contributed by atoms with Crippen LogP contribution in [-0.4, -0.2) is 38.9 Å². The van der Waals surface area contributed by atoms with Crippen LogP contribution in [0.3, 0.4) is 0 Å². The quantitative estimate of drug-likeness (QED) is 0.729. The molecule has 1 amide bonds. The summed E-state index contributed by atoms with van der Waals surface area (Å²) in [7, 11) is 0. The number of anilines is 2. The molecule has 1 N–H and O–H groups in total. The van der Waals surface area contributed by atoms with Gasteiger partial charge in [-0.05, 0) is 44.9 Å². The molecule has 4 heterocycles. The number of amides is 1. The molecular weight excluding hydrogens is 372 g/mol. The summed E-state index contributed by atoms with van der Waals surface area (Å²) in [4.78, 5) is 32.7. The Kier molecular flexibility index (Phi) is 5.29. The van der Waals surface area contributed by atoms with Crippen LogP contribution in [0, 0.1) is 19.8 Å². The largest absolute Gasteiger partial charge is 0.341 e. The second-order valence-electron chi connectivity index (χ2n) is 6.95. The van der Waals surface area contributed by atoms with E-state index in [1.165, 1.54) is 11.3 Å². The molecule has 0 aliphatic carbocycles. The van der Waals surface area contributed by atoms with Gasteiger partial charge in [-0.2, -0.15) is 0 Å². The van der Waals surface area contributed by atoms with E-state index in [1.54, 1.807) is 6.20 Å². The molecule has 7 nitrogen and oxygen atoms in total. The third-order valence-electron chi connectivity index (χ3n) is 4.78. The first-order valence-electron chi connectivity index (χ1n) is 9.33. The Morgan fingerprint density at radius 3 is 2.54 bits per heavy atom. The smallest absolute Gasteiger partial charge is 0.229 e. The van der Waals surface area contributed by atoms with Gasteiger partial charge in [-0.1, -0.05) is 6.07 Å². The highest BCUT2D eigenvalue weighted by Gasteiger charge is 2.27. The fraction of sp³-hybridized carbons (Fsp3) is 0.350. The molecule has 8 heteroatoms. The van der Waals surface area contributed by atoms with E-state index in [0.29, 0.717) is 5.13 Å². The highest BCUT2D eigenvalue weighted by Crippen LogP contribution is 2.26. The lowest BCUT2D eigenvalue weighted by Crippen LogP contribution is -2.39. The van der Waals surface area contributed by atoms with Crippen molar-refractivity contribution in [2.75, 3.05) is 23.3 Å². The Labute approximate surface area is 167 Å². The Hall–Kier alpha value is -2.87. The van der Waals surface area contributed by atoms with Crippen molar-refractivity contribution in [3.8, 4) is 11.4 Å². The lowest BCUT2D eigenvalue weighted by Gasteiger charge is -2.31. The Morgan fingerprint density at radius 1 is 1.11 bits per heavy atom. The molecule has 0 unspecified atom stereocenters. The standard InChI is InChI=1S/C20H22N6OS/c1-13-11-14(2)23-19(22-13)26-9-6-15(7-10-26)18(27)25-20-24-17(12-28-20)16-5-3-4-8-21-16/h3-5,8,11-12,15H,6-7,9-10H2,1-2H3,(H,24,25,27). The summed E-state index contributed by atoms with van der Waals surface area (Å²) in [5.41, 5.74) is 3.52. The van der Waals surface area contributed by atoms with Gasteiger partial charge in [0.05, 0.1) is 5.69 Å². The number of piperidine rings is 1. The molecule has 1 saturated heterocycles. The number of nitrogens with zero attached hydrogens (tertiary/aromatic N) is 5. The van der Waals surface area contributed by atoms with Gasteiger partial charge in [0.15, 0.2) is 5.13 Å². The molecule has 1 fully saturated rings. The van der Waals surface area contributed by atoms with Crippen LogP contribution in [0.25, 0.3) is 11.4 Å². The molecule has 28 heavy (non-hydrogen) atoms. The zero-order valence-corrected chi connectivity index (χ0v) is 16.7. The molecule has 0 saturated carbocycles. The summed E-state index contributed by atoms with van der Waals surface area (Å²) in [5.74, 6) is 0.767. The molecule has 144 valence electrons. The number of pyridine rings is 1. The average Bonchev–Trinajstić information content (AvgIpc) is 3.16. The number of carbonyl (C=O) groups excluding carboxylic acids is 1. The highest BCUT2D eigenvalue weighted by molar-refractivity contribution is 7.14. The van der Waals surface area contributed by atoms with E-state index in [4.69, 9.17) is 0 Å². The maximum atomic E-state index is 12.7. The molecule has 0 bridgehead atoms. The monoisotopic (exact) mass is 394 g/mol. The lowest BCUT2D eigenvalue weighted by atomic mass is 9.96. The summed E-state index contributed by atoms with van der Waals surface area (Å²) in [5, 5.41) is 5.50. The summed E-state index contributed by atoms with van der Waals surface area (Å²) in [6.45, 7) is 5.51. The SMILES string of the molecule is Cc1cc(C)nc(N2CCC(C(=O)Nc3nc(-c4ccccn4)cs3)CC2)n1. The topological polar surface area (TPSA) is 83.9 Å². The van der Waals surface area contributed by atoms with Crippen molar-refractivity contribution >= 4 is 28.3 Å². The van der Waals surface area contributed by atoms with Crippen LogP contribution in [0.5, 0.6) is 0 Å². The molecule has 1 aliphatic rings. The van der Waals surface area contributed by atoms with Gasteiger partial charge in [0.25, 0.3) is 0 Å². The maximum absolute atomic E-state index is 12.7. The van der Waals surface area contributed by atoms with Gasteiger partial charge in [0.1, 0.15) is 5.69 Å². The average molecular weight is 395 g/mol.